The standard InChI is InChI=1S/C41H42N6O7/c1-24(49)42-37-39(51)38(50)34(23-48)54-40(37)53-29-15-16-30-32(21-29)44-36(35(43-30)26-7-3-2-4-8-26)27-13-11-25(12-14-27)22-46-19-17-28(18-20-46)47-33-10-6-5-9-31(33)45-41(47)52/h2-16,21,28,34,37-40,48,50-51H,17-20,22-23H2,1H3,(H,42,49)(H,45,52)/t34-,37-,38-,39-,40+/m1/s1. The number of nitrogens with zero attached hydrogens (tertiary/aromatic N) is 4. The Kier molecular flexibility index (Phi) is 9.97. The average molecular weight is 731 g/mol. The minimum atomic E-state index is -1.43. The molecule has 0 unspecified atom stereocenters. The van der Waals surface area contributed by atoms with Crippen LogP contribution < -0.4 is 15.7 Å². The summed E-state index contributed by atoms with van der Waals surface area (Å²) in [5.41, 5.74) is 7.34. The molecule has 2 aliphatic rings. The molecule has 54 heavy (non-hydrogen) atoms. The van der Waals surface area contributed by atoms with Gasteiger partial charge in [-0.2, -0.15) is 0 Å². The van der Waals surface area contributed by atoms with Crippen molar-refractivity contribution < 1.29 is 29.6 Å². The number of amides is 1. The second-order valence-corrected chi connectivity index (χ2v) is 14.0. The van der Waals surface area contributed by atoms with Crippen molar-refractivity contribution in [2.75, 3.05) is 19.7 Å². The monoisotopic (exact) mass is 730 g/mol. The van der Waals surface area contributed by atoms with Crippen molar-refractivity contribution in [3.63, 3.8) is 0 Å². The van der Waals surface area contributed by atoms with Crippen molar-refractivity contribution in [3.8, 4) is 28.3 Å². The lowest BCUT2D eigenvalue weighted by Gasteiger charge is -2.42. The Morgan fingerprint density at radius 2 is 1.57 bits per heavy atom. The number of rotatable bonds is 9. The predicted molar refractivity (Wildman–Crippen MR) is 203 cm³/mol. The number of fused-ring (bicyclic) bond motifs is 2. The number of likely N-dealkylation sites (tertiary alicyclic amines) is 1. The smallest absolute Gasteiger partial charge is 0.326 e. The molecule has 0 saturated carbocycles. The van der Waals surface area contributed by atoms with Gasteiger partial charge >= 0.3 is 5.69 Å². The molecular weight excluding hydrogens is 688 g/mol. The Bertz CT molecular complexity index is 2320. The number of aliphatic hydroxyl groups is 3. The minimum absolute atomic E-state index is 0.0498. The number of para-hydroxylation sites is 2. The van der Waals surface area contributed by atoms with Crippen LogP contribution >= 0.6 is 0 Å². The first kappa shape index (κ1) is 35.6. The van der Waals surface area contributed by atoms with Crippen molar-refractivity contribution in [1.82, 2.24) is 29.7 Å². The van der Waals surface area contributed by atoms with E-state index in [4.69, 9.17) is 19.4 Å². The Hall–Kier alpha value is -5.44. The van der Waals surface area contributed by atoms with Crippen molar-refractivity contribution in [2.24, 2.45) is 0 Å². The third-order valence-corrected chi connectivity index (χ3v) is 10.4. The van der Waals surface area contributed by atoms with Crippen molar-refractivity contribution >= 4 is 28.0 Å². The SMILES string of the molecule is CC(=O)N[C@H]1[C@@H](Oc2ccc3nc(-c4ccccc4)c(-c4ccc(CN5CCC(n6c(=O)[nH]c7ccccc76)CC5)cc4)nc3c2)O[C@H](CO)[C@@H](O)[C@@H]1O. The van der Waals surface area contributed by atoms with Crippen molar-refractivity contribution in [3.05, 3.63) is 113 Å². The molecule has 2 aromatic heterocycles. The lowest BCUT2D eigenvalue weighted by atomic mass is 9.97. The fraction of sp³-hybridized carbons (Fsp3) is 0.317. The molecule has 0 bridgehead atoms. The van der Waals surface area contributed by atoms with Gasteiger partial charge in [0, 0.05) is 49.8 Å². The molecule has 6 aromatic rings. The van der Waals surface area contributed by atoms with Gasteiger partial charge in [0.2, 0.25) is 12.2 Å². The highest BCUT2D eigenvalue weighted by molar-refractivity contribution is 5.87. The Labute approximate surface area is 310 Å². The number of hydrogen-bond donors (Lipinski definition) is 5. The highest BCUT2D eigenvalue weighted by Crippen LogP contribution is 2.34. The van der Waals surface area contributed by atoms with E-state index in [9.17, 15) is 24.9 Å². The number of benzene rings is 4. The number of ether oxygens (including phenoxy) is 2. The lowest BCUT2D eigenvalue weighted by Crippen LogP contribution is -2.65. The van der Waals surface area contributed by atoms with Gasteiger partial charge in [0.15, 0.2) is 0 Å². The molecule has 2 aliphatic heterocycles. The van der Waals surface area contributed by atoms with E-state index >= 15 is 0 Å². The second kappa shape index (κ2) is 15.1. The average Bonchev–Trinajstić information content (AvgIpc) is 3.53. The fourth-order valence-corrected chi connectivity index (χ4v) is 7.61. The minimum Gasteiger partial charge on any atom is -0.462 e. The second-order valence-electron chi connectivity index (χ2n) is 14.0. The molecule has 0 spiro atoms. The van der Waals surface area contributed by atoms with E-state index in [0.717, 1.165) is 60.3 Å². The van der Waals surface area contributed by atoms with Crippen LogP contribution in [0.3, 0.4) is 0 Å². The van der Waals surface area contributed by atoms with E-state index in [-0.39, 0.29) is 11.7 Å². The molecule has 0 radical (unpaired) electrons. The number of imidazole rings is 1. The number of aromatic amines is 1. The number of nitrogens with one attached hydrogen (secondary N) is 2. The Balaban J connectivity index is 1.03. The first-order valence-electron chi connectivity index (χ1n) is 18.2. The first-order chi connectivity index (χ1) is 26.2. The molecular formula is C41H42N6O7. The van der Waals surface area contributed by atoms with Crippen LogP contribution in [0.15, 0.2) is 102 Å². The van der Waals surface area contributed by atoms with Crippen LogP contribution in [0.1, 0.15) is 31.4 Å². The van der Waals surface area contributed by atoms with E-state index in [1.165, 1.54) is 12.5 Å². The van der Waals surface area contributed by atoms with Gasteiger partial charge in [-0.25, -0.2) is 14.8 Å². The third kappa shape index (κ3) is 7.11. The zero-order valence-electron chi connectivity index (χ0n) is 29.7. The number of carbonyl (C=O) groups excluding carboxylic acids is 1. The topological polar surface area (TPSA) is 175 Å². The van der Waals surface area contributed by atoms with Crippen molar-refractivity contribution in [1.29, 1.82) is 0 Å². The predicted octanol–water partition coefficient (Wildman–Crippen LogP) is 3.77. The molecule has 13 heteroatoms. The summed E-state index contributed by atoms with van der Waals surface area (Å²) in [7, 11) is 0. The number of H-pyrrole nitrogens is 1. The van der Waals surface area contributed by atoms with Crippen LogP contribution in [-0.2, 0) is 16.1 Å². The summed E-state index contributed by atoms with van der Waals surface area (Å²) in [6, 6.07) is 30.3. The highest BCUT2D eigenvalue weighted by Gasteiger charge is 2.46. The summed E-state index contributed by atoms with van der Waals surface area (Å²) in [4.78, 5) is 40.2. The summed E-state index contributed by atoms with van der Waals surface area (Å²) in [5.74, 6) is -0.104. The van der Waals surface area contributed by atoms with E-state index in [0.29, 0.717) is 22.5 Å². The van der Waals surface area contributed by atoms with Crippen molar-refractivity contribution in [2.45, 2.75) is 63.0 Å². The molecule has 5 N–H and O–H groups in total. The Morgan fingerprint density at radius 1 is 0.889 bits per heavy atom. The van der Waals surface area contributed by atoms with Gasteiger partial charge in [-0.3, -0.25) is 14.3 Å². The summed E-state index contributed by atoms with van der Waals surface area (Å²) in [6.07, 6.45) is -3.38. The maximum absolute atomic E-state index is 12.8. The van der Waals surface area contributed by atoms with Crippen LogP contribution in [-0.4, -0.2) is 96.0 Å². The third-order valence-electron chi connectivity index (χ3n) is 10.4. The highest BCUT2D eigenvalue weighted by atomic mass is 16.7. The van der Waals surface area contributed by atoms with Crippen LogP contribution in [0.5, 0.6) is 5.75 Å². The molecule has 5 atom stereocenters. The van der Waals surface area contributed by atoms with E-state index in [1.54, 1.807) is 18.2 Å². The van der Waals surface area contributed by atoms with Gasteiger partial charge in [0.25, 0.3) is 0 Å². The zero-order valence-corrected chi connectivity index (χ0v) is 29.7. The molecule has 13 nitrogen and oxygen atoms in total. The first-order valence-corrected chi connectivity index (χ1v) is 18.2. The van der Waals surface area contributed by atoms with Gasteiger partial charge in [0.05, 0.1) is 40.1 Å². The summed E-state index contributed by atoms with van der Waals surface area (Å²) >= 11 is 0. The molecule has 4 aromatic carbocycles. The lowest BCUT2D eigenvalue weighted by molar-refractivity contribution is -0.244. The molecule has 1 amide bonds. The van der Waals surface area contributed by atoms with Crippen LogP contribution in [0, 0.1) is 0 Å². The van der Waals surface area contributed by atoms with Gasteiger partial charge in [-0.15, -0.1) is 0 Å². The molecule has 2 fully saturated rings. The maximum Gasteiger partial charge on any atom is 0.326 e. The molecule has 4 heterocycles. The number of piperidine rings is 1. The van der Waals surface area contributed by atoms with E-state index in [2.05, 4.69) is 39.5 Å². The van der Waals surface area contributed by atoms with Gasteiger partial charge < -0.3 is 35.1 Å². The van der Waals surface area contributed by atoms with Crippen LogP contribution in [0.2, 0.25) is 0 Å². The van der Waals surface area contributed by atoms with E-state index in [1.807, 2.05) is 59.2 Å². The molecule has 0 aliphatic carbocycles. The largest absolute Gasteiger partial charge is 0.462 e. The molecule has 278 valence electrons. The van der Waals surface area contributed by atoms with Crippen LogP contribution in [0.25, 0.3) is 44.6 Å². The van der Waals surface area contributed by atoms with Gasteiger partial charge in [-0.05, 0) is 42.7 Å². The molecule has 8 rings (SSSR count). The van der Waals surface area contributed by atoms with Gasteiger partial charge in [0.1, 0.15) is 30.1 Å². The zero-order chi connectivity index (χ0) is 37.3. The number of aliphatic hydroxyl groups excluding tert-OH is 3. The normalized spacial score (nSPS) is 22.4. The summed E-state index contributed by atoms with van der Waals surface area (Å²) in [5, 5.41) is 33.5. The van der Waals surface area contributed by atoms with Crippen LogP contribution in [0.4, 0.5) is 0 Å². The molecule has 2 saturated heterocycles. The summed E-state index contributed by atoms with van der Waals surface area (Å²) < 4.78 is 13.8. The quantitative estimate of drug-likeness (QED) is 0.147. The van der Waals surface area contributed by atoms with Gasteiger partial charge in [-0.1, -0.05) is 66.7 Å². The number of aromatic nitrogens is 4. The fourth-order valence-electron chi connectivity index (χ4n) is 7.61. The number of hydrogen-bond acceptors (Lipinski definition) is 10. The summed E-state index contributed by atoms with van der Waals surface area (Å²) in [6.45, 7) is 3.30. The Morgan fingerprint density at radius 3 is 2.30 bits per heavy atom. The maximum atomic E-state index is 12.8. The van der Waals surface area contributed by atoms with E-state index < -0.39 is 43.2 Å². The number of carbonyl (C=O) groups is 1.